The lowest BCUT2D eigenvalue weighted by atomic mass is 10.1. The van der Waals surface area contributed by atoms with Crippen molar-refractivity contribution in [2.75, 3.05) is 18.0 Å². The molecule has 0 unspecified atom stereocenters. The number of oxazole rings is 1. The zero-order valence-electron chi connectivity index (χ0n) is 14.2. The number of anilines is 1. The molecule has 0 aliphatic carbocycles. The Morgan fingerprint density at radius 2 is 1.68 bits per heavy atom. The molecular weight excluding hydrogens is 310 g/mol. The first-order valence-electron chi connectivity index (χ1n) is 8.81. The number of hydrogen-bond acceptors (Lipinski definition) is 4. The summed E-state index contributed by atoms with van der Waals surface area (Å²) in [6, 6.07) is 16.4. The summed E-state index contributed by atoms with van der Waals surface area (Å²) < 4.78 is 6.23. The van der Waals surface area contributed by atoms with Crippen molar-refractivity contribution in [3.05, 3.63) is 54.1 Å². The second-order valence-corrected chi connectivity index (χ2v) is 6.71. The molecule has 0 bridgehead atoms. The van der Waals surface area contributed by atoms with Gasteiger partial charge in [-0.25, -0.2) is 9.97 Å². The van der Waals surface area contributed by atoms with E-state index < -0.39 is 0 Å². The number of aromatic nitrogens is 2. The Bertz CT molecular complexity index is 1060. The summed E-state index contributed by atoms with van der Waals surface area (Å²) in [6.45, 7) is 4.15. The van der Waals surface area contributed by atoms with Crippen LogP contribution in [0.1, 0.15) is 18.4 Å². The average Bonchev–Trinajstić information content (AvgIpc) is 3.32. The van der Waals surface area contributed by atoms with Crippen molar-refractivity contribution >= 4 is 27.8 Å². The van der Waals surface area contributed by atoms with Crippen LogP contribution in [0.15, 0.2) is 52.9 Å². The Hall–Kier alpha value is -2.88. The molecule has 124 valence electrons. The van der Waals surface area contributed by atoms with Crippen LogP contribution >= 0.6 is 0 Å². The van der Waals surface area contributed by atoms with Crippen LogP contribution in [0.25, 0.3) is 33.5 Å². The molecule has 25 heavy (non-hydrogen) atoms. The fraction of sp³-hybridized carbons (Fsp3) is 0.238. The van der Waals surface area contributed by atoms with Crippen molar-refractivity contribution < 1.29 is 4.42 Å². The number of benzene rings is 2. The van der Waals surface area contributed by atoms with Gasteiger partial charge in [0, 0.05) is 24.0 Å². The van der Waals surface area contributed by atoms with Crippen molar-refractivity contribution in [2.45, 2.75) is 19.8 Å². The highest BCUT2D eigenvalue weighted by molar-refractivity contribution is 6.06. The van der Waals surface area contributed by atoms with Gasteiger partial charge >= 0.3 is 0 Å². The first-order valence-corrected chi connectivity index (χ1v) is 8.81. The molecule has 1 saturated heterocycles. The minimum atomic E-state index is 0.661. The molecule has 2 aromatic carbocycles. The van der Waals surface area contributed by atoms with Crippen molar-refractivity contribution in [1.29, 1.82) is 0 Å². The Labute approximate surface area is 146 Å². The minimum absolute atomic E-state index is 0.661. The number of para-hydroxylation sites is 1. The molecule has 1 aliphatic heterocycles. The van der Waals surface area contributed by atoms with Gasteiger partial charge in [-0.15, -0.1) is 0 Å². The molecule has 5 rings (SSSR count). The maximum absolute atomic E-state index is 6.23. The second kappa shape index (κ2) is 5.59. The van der Waals surface area contributed by atoms with Gasteiger partial charge in [-0.2, -0.15) is 0 Å². The van der Waals surface area contributed by atoms with Gasteiger partial charge in [0.15, 0.2) is 16.9 Å². The number of aryl methyl sites for hydroxylation is 1. The molecule has 0 radical (unpaired) electrons. The summed E-state index contributed by atoms with van der Waals surface area (Å²) in [5, 5.41) is 1.02. The Morgan fingerprint density at radius 1 is 0.920 bits per heavy atom. The van der Waals surface area contributed by atoms with Gasteiger partial charge < -0.3 is 9.32 Å². The molecule has 1 aliphatic rings. The van der Waals surface area contributed by atoms with E-state index in [4.69, 9.17) is 14.4 Å². The molecule has 2 aromatic heterocycles. The van der Waals surface area contributed by atoms with Crippen LogP contribution in [-0.4, -0.2) is 23.1 Å². The molecule has 0 atom stereocenters. The summed E-state index contributed by atoms with van der Waals surface area (Å²) in [7, 11) is 0. The highest BCUT2D eigenvalue weighted by Gasteiger charge is 2.22. The lowest BCUT2D eigenvalue weighted by Crippen LogP contribution is -2.19. The van der Waals surface area contributed by atoms with Crippen molar-refractivity contribution in [2.24, 2.45) is 0 Å². The van der Waals surface area contributed by atoms with Crippen LogP contribution in [0, 0.1) is 6.92 Å². The predicted octanol–water partition coefficient (Wildman–Crippen LogP) is 4.95. The first-order chi connectivity index (χ1) is 12.3. The molecule has 0 saturated carbocycles. The average molecular weight is 329 g/mol. The van der Waals surface area contributed by atoms with Gasteiger partial charge in [-0.05, 0) is 44.0 Å². The Morgan fingerprint density at radius 3 is 2.48 bits per heavy atom. The minimum Gasteiger partial charge on any atom is -0.435 e. The highest BCUT2D eigenvalue weighted by atomic mass is 16.3. The molecule has 3 heterocycles. The summed E-state index contributed by atoms with van der Waals surface area (Å²) in [5.74, 6) is 1.61. The Balaban J connectivity index is 1.78. The van der Waals surface area contributed by atoms with Crippen LogP contribution in [0.5, 0.6) is 0 Å². The molecular formula is C21H19N3O. The standard InChI is InChI=1S/C21H19N3O/c1-14-8-10-15(11-9-14)21-23-18-19(25-21)16-6-2-3-7-17(16)22-20(18)24-12-4-5-13-24/h2-3,6-11H,4-5,12-13H2,1H3. The number of hydrogen-bond donors (Lipinski definition) is 0. The summed E-state index contributed by atoms with van der Waals surface area (Å²) in [6.07, 6.45) is 2.41. The SMILES string of the molecule is Cc1ccc(-c2nc3c(N4CCCC4)nc4ccccc4c3o2)cc1. The van der Waals surface area contributed by atoms with Crippen LogP contribution in [0.2, 0.25) is 0 Å². The van der Waals surface area contributed by atoms with E-state index in [1.165, 1.54) is 18.4 Å². The number of rotatable bonds is 2. The van der Waals surface area contributed by atoms with E-state index in [2.05, 4.69) is 42.2 Å². The Kier molecular flexibility index (Phi) is 3.23. The summed E-state index contributed by atoms with van der Waals surface area (Å²) in [5.41, 5.74) is 4.89. The third kappa shape index (κ3) is 2.37. The zero-order chi connectivity index (χ0) is 16.8. The number of nitrogens with zero attached hydrogens (tertiary/aromatic N) is 3. The van der Waals surface area contributed by atoms with E-state index in [9.17, 15) is 0 Å². The smallest absolute Gasteiger partial charge is 0.227 e. The first kappa shape index (κ1) is 14.5. The van der Waals surface area contributed by atoms with E-state index in [-0.39, 0.29) is 0 Å². The fourth-order valence-electron chi connectivity index (χ4n) is 3.55. The van der Waals surface area contributed by atoms with Gasteiger partial charge in [-0.1, -0.05) is 29.8 Å². The second-order valence-electron chi connectivity index (χ2n) is 6.71. The van der Waals surface area contributed by atoms with Crippen LogP contribution in [-0.2, 0) is 0 Å². The predicted molar refractivity (Wildman–Crippen MR) is 101 cm³/mol. The molecule has 1 fully saturated rings. The van der Waals surface area contributed by atoms with Crippen LogP contribution in [0.4, 0.5) is 5.82 Å². The zero-order valence-corrected chi connectivity index (χ0v) is 14.2. The van der Waals surface area contributed by atoms with E-state index in [1.54, 1.807) is 0 Å². The van der Waals surface area contributed by atoms with Crippen LogP contribution in [0.3, 0.4) is 0 Å². The maximum Gasteiger partial charge on any atom is 0.227 e. The van der Waals surface area contributed by atoms with E-state index in [1.807, 2.05) is 18.2 Å². The molecule has 0 amide bonds. The molecule has 4 nitrogen and oxygen atoms in total. The number of fused-ring (bicyclic) bond motifs is 3. The van der Waals surface area contributed by atoms with Crippen molar-refractivity contribution in [1.82, 2.24) is 9.97 Å². The molecule has 0 spiro atoms. The van der Waals surface area contributed by atoms with Crippen molar-refractivity contribution in [3.63, 3.8) is 0 Å². The number of pyridine rings is 1. The van der Waals surface area contributed by atoms with Crippen molar-refractivity contribution in [3.8, 4) is 11.5 Å². The van der Waals surface area contributed by atoms with Gasteiger partial charge in [0.1, 0.15) is 0 Å². The molecule has 4 aromatic rings. The van der Waals surface area contributed by atoms with Gasteiger partial charge in [-0.3, -0.25) is 0 Å². The largest absolute Gasteiger partial charge is 0.435 e. The third-order valence-corrected chi connectivity index (χ3v) is 4.92. The lowest BCUT2D eigenvalue weighted by molar-refractivity contribution is 0.623. The third-order valence-electron chi connectivity index (χ3n) is 4.92. The van der Waals surface area contributed by atoms with E-state index in [0.29, 0.717) is 5.89 Å². The van der Waals surface area contributed by atoms with E-state index >= 15 is 0 Å². The molecule has 4 heteroatoms. The normalized spacial score (nSPS) is 14.7. The maximum atomic E-state index is 6.23. The van der Waals surface area contributed by atoms with Gasteiger partial charge in [0.25, 0.3) is 0 Å². The highest BCUT2D eigenvalue weighted by Crippen LogP contribution is 2.35. The van der Waals surface area contributed by atoms with Crippen LogP contribution < -0.4 is 4.90 Å². The van der Waals surface area contributed by atoms with Gasteiger partial charge in [0.05, 0.1) is 5.52 Å². The fourth-order valence-corrected chi connectivity index (χ4v) is 3.55. The van der Waals surface area contributed by atoms with Gasteiger partial charge in [0.2, 0.25) is 5.89 Å². The monoisotopic (exact) mass is 329 g/mol. The summed E-state index contributed by atoms with van der Waals surface area (Å²) >= 11 is 0. The molecule has 0 N–H and O–H groups in total. The summed E-state index contributed by atoms with van der Waals surface area (Å²) in [4.78, 5) is 12.1. The van der Waals surface area contributed by atoms with E-state index in [0.717, 1.165) is 46.5 Å². The topological polar surface area (TPSA) is 42.2 Å². The lowest BCUT2D eigenvalue weighted by Gasteiger charge is -2.16. The quantitative estimate of drug-likeness (QED) is 0.522.